The van der Waals surface area contributed by atoms with E-state index in [1.165, 1.54) is 21.2 Å². The third kappa shape index (κ3) is 3.04. The number of carbonyl (C=O) groups is 1. The summed E-state index contributed by atoms with van der Waals surface area (Å²) in [5.41, 5.74) is 5.90. The zero-order valence-electron chi connectivity index (χ0n) is 11.9. The van der Waals surface area contributed by atoms with Gasteiger partial charge in [0.05, 0.1) is 0 Å². The monoisotopic (exact) mass is 354 g/mol. The van der Waals surface area contributed by atoms with E-state index >= 15 is 0 Å². The van der Waals surface area contributed by atoms with Gasteiger partial charge in [0.2, 0.25) is 0 Å². The average Bonchev–Trinajstić information content (AvgIpc) is 2.53. The third-order valence-corrected chi connectivity index (χ3v) is 4.58. The number of carboxylic acids is 1. The first-order valence-corrected chi connectivity index (χ1v) is 7.93. The fraction of sp³-hybridized carbons (Fsp3) is 0.105. The fourth-order valence-corrected chi connectivity index (χ4v) is 3.38. The molecule has 0 fully saturated rings. The molecule has 110 valence electrons. The van der Waals surface area contributed by atoms with E-state index in [-0.39, 0.29) is 0 Å². The first kappa shape index (κ1) is 14.8. The van der Waals surface area contributed by atoms with E-state index in [0.29, 0.717) is 0 Å². The van der Waals surface area contributed by atoms with Crippen molar-refractivity contribution < 1.29 is 9.90 Å². The van der Waals surface area contributed by atoms with Crippen molar-refractivity contribution in [2.24, 2.45) is 0 Å². The molecule has 0 radical (unpaired) electrons. The highest BCUT2D eigenvalue weighted by Crippen LogP contribution is 2.38. The molecule has 0 atom stereocenters. The molecule has 3 heteroatoms. The Hall–Kier alpha value is -2.13. The molecule has 22 heavy (non-hydrogen) atoms. The lowest BCUT2D eigenvalue weighted by atomic mass is 9.87. The minimum absolute atomic E-state index is 0.881. The summed E-state index contributed by atoms with van der Waals surface area (Å²) in [5.74, 6) is -0.935. The number of fused-ring (bicyclic) bond motifs is 1. The molecule has 0 unspecified atom stereocenters. The van der Waals surface area contributed by atoms with Gasteiger partial charge >= 0.3 is 5.97 Å². The number of aliphatic carboxylic acids is 1. The van der Waals surface area contributed by atoms with Crippen molar-refractivity contribution in [3.63, 3.8) is 0 Å². The van der Waals surface area contributed by atoms with Crippen LogP contribution in [0, 0.1) is 0 Å². The first-order valence-electron chi connectivity index (χ1n) is 7.13. The highest BCUT2D eigenvalue weighted by atomic mass is 79.9. The van der Waals surface area contributed by atoms with Crippen LogP contribution in [0.2, 0.25) is 0 Å². The largest absolute Gasteiger partial charge is 0.478 e. The second-order valence-electron chi connectivity index (χ2n) is 5.23. The molecule has 1 aliphatic carbocycles. The van der Waals surface area contributed by atoms with Gasteiger partial charge < -0.3 is 5.11 Å². The SMILES string of the molecule is O=C(O)/C=C/c1ccc(C2=C(Br)CCc3ccccc32)cc1. The van der Waals surface area contributed by atoms with E-state index in [4.69, 9.17) is 5.11 Å². The van der Waals surface area contributed by atoms with Crippen molar-refractivity contribution in [1.82, 2.24) is 0 Å². The van der Waals surface area contributed by atoms with Crippen molar-refractivity contribution in [3.8, 4) is 0 Å². The molecule has 0 amide bonds. The molecular formula is C19H15BrO2. The second kappa shape index (κ2) is 6.32. The minimum atomic E-state index is -0.935. The van der Waals surface area contributed by atoms with E-state index in [9.17, 15) is 4.79 Å². The number of benzene rings is 2. The number of allylic oxidation sites excluding steroid dienone is 1. The lowest BCUT2D eigenvalue weighted by Crippen LogP contribution is -2.03. The molecule has 2 nitrogen and oxygen atoms in total. The Morgan fingerprint density at radius 2 is 1.77 bits per heavy atom. The van der Waals surface area contributed by atoms with Gasteiger partial charge in [-0.05, 0) is 46.7 Å². The van der Waals surface area contributed by atoms with Crippen LogP contribution < -0.4 is 0 Å². The Morgan fingerprint density at radius 1 is 1.05 bits per heavy atom. The average molecular weight is 355 g/mol. The van der Waals surface area contributed by atoms with Crippen LogP contribution in [0.25, 0.3) is 11.6 Å². The molecule has 0 aliphatic heterocycles. The van der Waals surface area contributed by atoms with Crippen molar-refractivity contribution in [1.29, 1.82) is 0 Å². The fourth-order valence-electron chi connectivity index (χ4n) is 2.74. The molecule has 0 saturated heterocycles. The zero-order valence-corrected chi connectivity index (χ0v) is 13.5. The zero-order chi connectivity index (χ0) is 15.5. The van der Waals surface area contributed by atoms with Crippen LogP contribution in [-0.4, -0.2) is 11.1 Å². The van der Waals surface area contributed by atoms with Crippen LogP contribution in [0.3, 0.4) is 0 Å². The molecule has 3 rings (SSSR count). The van der Waals surface area contributed by atoms with Gasteiger partial charge in [0.25, 0.3) is 0 Å². The van der Waals surface area contributed by atoms with E-state index in [1.807, 2.05) is 24.3 Å². The van der Waals surface area contributed by atoms with E-state index in [2.05, 4.69) is 40.2 Å². The topological polar surface area (TPSA) is 37.3 Å². The summed E-state index contributed by atoms with van der Waals surface area (Å²) >= 11 is 3.72. The van der Waals surface area contributed by atoms with Gasteiger partial charge in [-0.2, -0.15) is 0 Å². The lowest BCUT2D eigenvalue weighted by Gasteiger charge is -2.21. The normalized spacial score (nSPS) is 14.2. The highest BCUT2D eigenvalue weighted by Gasteiger charge is 2.18. The van der Waals surface area contributed by atoms with Crippen LogP contribution >= 0.6 is 15.9 Å². The maximum absolute atomic E-state index is 10.6. The van der Waals surface area contributed by atoms with Crippen LogP contribution in [0.1, 0.15) is 28.7 Å². The predicted octanol–water partition coefficient (Wildman–Crippen LogP) is 4.88. The number of halogens is 1. The van der Waals surface area contributed by atoms with Crippen LogP contribution in [0.4, 0.5) is 0 Å². The number of carboxylic acid groups (broad SMARTS) is 1. The summed E-state index contributed by atoms with van der Waals surface area (Å²) in [7, 11) is 0. The van der Waals surface area contributed by atoms with Gasteiger partial charge in [-0.15, -0.1) is 0 Å². The molecule has 0 bridgehead atoms. The Bertz CT molecular complexity index is 770. The van der Waals surface area contributed by atoms with Gasteiger partial charge in [-0.25, -0.2) is 4.79 Å². The van der Waals surface area contributed by atoms with E-state index < -0.39 is 5.97 Å². The Morgan fingerprint density at radius 3 is 2.50 bits per heavy atom. The molecule has 0 saturated carbocycles. The third-order valence-electron chi connectivity index (χ3n) is 3.79. The van der Waals surface area contributed by atoms with Crippen LogP contribution in [0.15, 0.2) is 59.1 Å². The molecule has 2 aromatic rings. The Balaban J connectivity index is 1.98. The maximum atomic E-state index is 10.6. The van der Waals surface area contributed by atoms with Gasteiger partial charge in [-0.1, -0.05) is 64.5 Å². The Labute approximate surface area is 137 Å². The number of aryl methyl sites for hydroxylation is 1. The van der Waals surface area contributed by atoms with Gasteiger partial charge in [0.15, 0.2) is 0 Å². The van der Waals surface area contributed by atoms with Crippen LogP contribution in [0.5, 0.6) is 0 Å². The first-order chi connectivity index (χ1) is 10.6. The summed E-state index contributed by atoms with van der Waals surface area (Å²) < 4.78 is 1.22. The van der Waals surface area contributed by atoms with Crippen molar-refractivity contribution >= 4 is 33.5 Å². The molecule has 0 heterocycles. The summed E-state index contributed by atoms with van der Waals surface area (Å²) in [6, 6.07) is 16.4. The predicted molar refractivity (Wildman–Crippen MR) is 92.8 cm³/mol. The van der Waals surface area contributed by atoms with Gasteiger partial charge in [-0.3, -0.25) is 0 Å². The minimum Gasteiger partial charge on any atom is -0.478 e. The number of rotatable bonds is 3. The highest BCUT2D eigenvalue weighted by molar-refractivity contribution is 9.11. The van der Waals surface area contributed by atoms with Crippen LogP contribution in [-0.2, 0) is 11.2 Å². The molecular weight excluding hydrogens is 340 g/mol. The van der Waals surface area contributed by atoms with Crippen molar-refractivity contribution in [3.05, 3.63) is 81.3 Å². The molecule has 0 spiro atoms. The summed E-state index contributed by atoms with van der Waals surface area (Å²) in [4.78, 5) is 10.6. The quantitative estimate of drug-likeness (QED) is 0.797. The molecule has 0 aromatic heterocycles. The standard InChI is InChI=1S/C19H15BrO2/c20-17-11-10-14-3-1-2-4-16(14)19(17)15-8-5-13(6-9-15)7-12-18(21)22/h1-9,12H,10-11H2,(H,21,22)/b12-7+. The van der Waals surface area contributed by atoms with Gasteiger partial charge in [0, 0.05) is 10.6 Å². The number of hydrogen-bond donors (Lipinski definition) is 1. The molecule has 1 N–H and O–H groups in total. The summed E-state index contributed by atoms with van der Waals surface area (Å²) in [6.45, 7) is 0. The smallest absolute Gasteiger partial charge is 0.328 e. The second-order valence-corrected chi connectivity index (χ2v) is 6.19. The maximum Gasteiger partial charge on any atom is 0.328 e. The summed E-state index contributed by atoms with van der Waals surface area (Å²) in [5, 5.41) is 8.68. The van der Waals surface area contributed by atoms with E-state index in [1.54, 1.807) is 6.08 Å². The summed E-state index contributed by atoms with van der Waals surface area (Å²) in [6.07, 6.45) is 4.82. The Kier molecular flexibility index (Phi) is 4.25. The molecule has 2 aromatic carbocycles. The molecule has 1 aliphatic rings. The number of hydrogen-bond acceptors (Lipinski definition) is 1. The van der Waals surface area contributed by atoms with E-state index in [0.717, 1.165) is 30.0 Å². The lowest BCUT2D eigenvalue weighted by molar-refractivity contribution is -0.131. The van der Waals surface area contributed by atoms with Crippen molar-refractivity contribution in [2.75, 3.05) is 0 Å². The van der Waals surface area contributed by atoms with Crippen molar-refractivity contribution in [2.45, 2.75) is 12.8 Å². The van der Waals surface area contributed by atoms with Gasteiger partial charge in [0.1, 0.15) is 0 Å².